The zero-order valence-corrected chi connectivity index (χ0v) is 11.3. The highest BCUT2D eigenvalue weighted by atomic mass is 32.2. The minimum atomic E-state index is -3.49. The molecule has 0 aliphatic carbocycles. The van der Waals surface area contributed by atoms with Gasteiger partial charge in [0.25, 0.3) is 0 Å². The first-order chi connectivity index (χ1) is 8.31. The molecule has 1 aromatic rings. The van der Waals surface area contributed by atoms with Gasteiger partial charge in [-0.05, 0) is 36.5 Å². The lowest BCUT2D eigenvalue weighted by molar-refractivity contribution is -0.114. The summed E-state index contributed by atoms with van der Waals surface area (Å²) in [6, 6.07) is 5.83. The van der Waals surface area contributed by atoms with Crippen molar-refractivity contribution in [1.82, 2.24) is 5.32 Å². The number of nitrogens with two attached hydrogens (primary N) is 1. The Balaban J connectivity index is 2.84. The maximum Gasteiger partial charge on any atom is 0.221 e. The molecule has 0 saturated carbocycles. The summed E-state index contributed by atoms with van der Waals surface area (Å²) in [7, 11) is -3.49. The third-order valence-corrected chi connectivity index (χ3v) is 3.63. The molecule has 4 N–H and O–H groups in total. The first-order valence-corrected chi connectivity index (χ1v) is 7.01. The molecular formula is C10H13N3O3S2. The van der Waals surface area contributed by atoms with E-state index in [2.05, 4.69) is 22.9 Å². The minimum Gasteiger partial charge on any atom is -0.376 e. The van der Waals surface area contributed by atoms with Crippen molar-refractivity contribution in [2.24, 2.45) is 5.73 Å². The molecule has 0 aromatic heterocycles. The fourth-order valence-electron chi connectivity index (χ4n) is 1.20. The molecule has 1 aromatic carbocycles. The third-order valence-electron chi connectivity index (χ3n) is 1.97. The Morgan fingerprint density at radius 2 is 1.89 bits per heavy atom. The molecule has 0 heterocycles. The minimum absolute atomic E-state index is 0.0755. The molecule has 0 radical (unpaired) electrons. The van der Waals surface area contributed by atoms with Gasteiger partial charge in [0.05, 0.1) is 4.90 Å². The van der Waals surface area contributed by atoms with Gasteiger partial charge in [0.2, 0.25) is 5.91 Å². The smallest absolute Gasteiger partial charge is 0.221 e. The first-order valence-electron chi connectivity index (χ1n) is 4.95. The number of sulfone groups is 1. The lowest BCUT2D eigenvalue weighted by atomic mass is 10.3. The summed E-state index contributed by atoms with van der Waals surface area (Å²) in [4.78, 5) is 10.9. The van der Waals surface area contributed by atoms with E-state index in [9.17, 15) is 13.2 Å². The van der Waals surface area contributed by atoms with Gasteiger partial charge in [-0.1, -0.05) is 0 Å². The maximum absolute atomic E-state index is 11.8. The number of hydrogen-bond donors (Lipinski definition) is 3. The van der Waals surface area contributed by atoms with Crippen molar-refractivity contribution in [1.29, 1.82) is 0 Å². The first kappa shape index (κ1) is 14.4. The van der Waals surface area contributed by atoms with Crippen molar-refractivity contribution in [3.8, 4) is 0 Å². The fourth-order valence-corrected chi connectivity index (χ4v) is 2.42. The molecule has 0 fully saturated rings. The van der Waals surface area contributed by atoms with E-state index in [0.29, 0.717) is 5.69 Å². The number of thiocarbonyl (C=S) groups is 1. The predicted octanol–water partition coefficient (Wildman–Crippen LogP) is 0.209. The number of rotatable bonds is 4. The average molecular weight is 287 g/mol. The van der Waals surface area contributed by atoms with Crippen molar-refractivity contribution in [2.75, 3.05) is 11.2 Å². The van der Waals surface area contributed by atoms with Gasteiger partial charge in [0.15, 0.2) is 14.9 Å². The molecule has 18 heavy (non-hydrogen) atoms. The zero-order valence-electron chi connectivity index (χ0n) is 9.64. The van der Waals surface area contributed by atoms with Crippen LogP contribution in [0.4, 0.5) is 5.69 Å². The molecular weight excluding hydrogens is 274 g/mol. The van der Waals surface area contributed by atoms with E-state index in [-0.39, 0.29) is 21.8 Å². The van der Waals surface area contributed by atoms with E-state index in [4.69, 9.17) is 5.73 Å². The Morgan fingerprint density at radius 1 is 1.33 bits per heavy atom. The Hall–Kier alpha value is -1.67. The molecule has 0 spiro atoms. The number of carbonyl (C=O) groups is 1. The number of carbonyl (C=O) groups excluding carboxylic acids is 1. The Kier molecular flexibility index (Phi) is 4.62. The van der Waals surface area contributed by atoms with Crippen molar-refractivity contribution in [3.63, 3.8) is 0 Å². The van der Waals surface area contributed by atoms with Crippen molar-refractivity contribution in [3.05, 3.63) is 24.3 Å². The summed E-state index contributed by atoms with van der Waals surface area (Å²) in [6.45, 7) is 1.37. The topological polar surface area (TPSA) is 101 Å². The van der Waals surface area contributed by atoms with E-state index in [1.54, 1.807) is 0 Å². The quantitative estimate of drug-likeness (QED) is 0.684. The molecule has 6 nitrogen and oxygen atoms in total. The molecule has 0 atom stereocenters. The lowest BCUT2D eigenvalue weighted by Crippen LogP contribution is -2.33. The van der Waals surface area contributed by atoms with Gasteiger partial charge in [-0.2, -0.15) is 0 Å². The summed E-state index contributed by atoms with van der Waals surface area (Å²) >= 11 is 4.54. The summed E-state index contributed by atoms with van der Waals surface area (Å²) < 4.78 is 23.6. The number of benzene rings is 1. The van der Waals surface area contributed by atoms with Crippen molar-refractivity contribution < 1.29 is 13.2 Å². The van der Waals surface area contributed by atoms with Crippen LogP contribution in [0.1, 0.15) is 6.92 Å². The Bertz CT molecular complexity index is 552. The van der Waals surface area contributed by atoms with Crippen LogP contribution in [0.25, 0.3) is 0 Å². The third kappa shape index (κ3) is 4.30. The number of amides is 1. The summed E-state index contributed by atoms with van der Waals surface area (Å²) in [6.07, 6.45) is 0. The average Bonchev–Trinajstić information content (AvgIpc) is 2.26. The van der Waals surface area contributed by atoms with E-state index in [0.717, 1.165) is 0 Å². The SMILES string of the molecule is CC(=O)Nc1ccc(S(=O)(=O)CNC(N)=S)cc1. The summed E-state index contributed by atoms with van der Waals surface area (Å²) in [5, 5.41) is 4.85. The van der Waals surface area contributed by atoms with E-state index < -0.39 is 9.84 Å². The number of anilines is 1. The van der Waals surface area contributed by atoms with Crippen LogP contribution in [-0.2, 0) is 14.6 Å². The second-order valence-electron chi connectivity index (χ2n) is 3.51. The molecule has 0 aliphatic heterocycles. The van der Waals surface area contributed by atoms with Crippen LogP contribution in [0.2, 0.25) is 0 Å². The van der Waals surface area contributed by atoms with Crippen LogP contribution < -0.4 is 16.4 Å². The molecule has 0 bridgehead atoms. The zero-order chi connectivity index (χ0) is 13.8. The maximum atomic E-state index is 11.8. The van der Waals surface area contributed by atoms with Gasteiger partial charge in [-0.15, -0.1) is 0 Å². The highest BCUT2D eigenvalue weighted by molar-refractivity contribution is 7.91. The normalized spacial score (nSPS) is 10.7. The van der Waals surface area contributed by atoms with E-state index in [1.165, 1.54) is 31.2 Å². The van der Waals surface area contributed by atoms with Gasteiger partial charge >= 0.3 is 0 Å². The molecule has 0 unspecified atom stereocenters. The highest BCUT2D eigenvalue weighted by Crippen LogP contribution is 2.14. The Labute approximate surface area is 110 Å². The van der Waals surface area contributed by atoms with Crippen LogP contribution in [0.15, 0.2) is 29.2 Å². The summed E-state index contributed by atoms with van der Waals surface area (Å²) in [5.74, 6) is -0.581. The number of nitrogens with one attached hydrogen (secondary N) is 2. The highest BCUT2D eigenvalue weighted by Gasteiger charge is 2.14. The van der Waals surface area contributed by atoms with Crippen molar-refractivity contribution in [2.45, 2.75) is 11.8 Å². The van der Waals surface area contributed by atoms with Gasteiger partial charge in [0.1, 0.15) is 5.88 Å². The lowest BCUT2D eigenvalue weighted by Gasteiger charge is -2.07. The molecule has 1 amide bonds. The largest absolute Gasteiger partial charge is 0.376 e. The molecule has 98 valence electrons. The van der Waals surface area contributed by atoms with Gasteiger partial charge in [-0.25, -0.2) is 8.42 Å². The van der Waals surface area contributed by atoms with E-state index in [1.807, 2.05) is 0 Å². The monoisotopic (exact) mass is 287 g/mol. The fraction of sp³-hybridized carbons (Fsp3) is 0.200. The standard InChI is InChI=1S/C10H13N3O3S2/c1-7(14)13-8-2-4-9(5-3-8)18(15,16)6-12-10(11)17/h2-5H,6H2,1H3,(H,13,14)(H3,11,12,17). The van der Waals surface area contributed by atoms with E-state index >= 15 is 0 Å². The van der Waals surface area contributed by atoms with Crippen LogP contribution in [0.3, 0.4) is 0 Å². The molecule has 0 saturated heterocycles. The van der Waals surface area contributed by atoms with Gasteiger partial charge < -0.3 is 16.4 Å². The van der Waals surface area contributed by atoms with Gasteiger partial charge in [-0.3, -0.25) is 4.79 Å². The molecule has 1 rings (SSSR count). The molecule has 8 heteroatoms. The summed E-state index contributed by atoms with van der Waals surface area (Å²) in [5.41, 5.74) is 5.70. The second kappa shape index (κ2) is 5.78. The Morgan fingerprint density at radius 3 is 2.33 bits per heavy atom. The number of hydrogen-bond acceptors (Lipinski definition) is 4. The van der Waals surface area contributed by atoms with Crippen molar-refractivity contribution >= 4 is 38.8 Å². The van der Waals surface area contributed by atoms with Crippen LogP contribution in [0.5, 0.6) is 0 Å². The molecule has 0 aliphatic rings. The van der Waals surface area contributed by atoms with Gasteiger partial charge in [0, 0.05) is 12.6 Å². The van der Waals surface area contributed by atoms with Crippen LogP contribution >= 0.6 is 12.2 Å². The van der Waals surface area contributed by atoms with Crippen LogP contribution in [-0.4, -0.2) is 25.3 Å². The van der Waals surface area contributed by atoms with Crippen LogP contribution in [0, 0.1) is 0 Å². The predicted molar refractivity (Wildman–Crippen MR) is 72.7 cm³/mol. The second-order valence-corrected chi connectivity index (χ2v) is 5.94.